The molecule has 1 unspecified atom stereocenters. The second kappa shape index (κ2) is 12.9. The Labute approximate surface area is 215 Å². The van der Waals surface area contributed by atoms with Crippen LogP contribution in [0, 0.1) is 0 Å². The van der Waals surface area contributed by atoms with Crippen LogP contribution in [-0.2, 0) is 17.8 Å². The third kappa shape index (κ3) is 6.94. The highest BCUT2D eigenvalue weighted by atomic mass is 16.1. The summed E-state index contributed by atoms with van der Waals surface area (Å²) in [5.74, 6) is 1.69. The highest BCUT2D eigenvalue weighted by molar-refractivity contribution is 5.91. The van der Waals surface area contributed by atoms with Crippen molar-refractivity contribution >= 4 is 23.0 Å². The zero-order chi connectivity index (χ0) is 25.2. The molecule has 0 bridgehead atoms. The molecule has 36 heavy (non-hydrogen) atoms. The van der Waals surface area contributed by atoms with E-state index in [1.807, 2.05) is 36.4 Å². The van der Waals surface area contributed by atoms with Gasteiger partial charge >= 0.3 is 0 Å². The normalized spacial score (nSPS) is 12.3. The first kappa shape index (κ1) is 25.4. The first-order valence-electron chi connectivity index (χ1n) is 13.2. The maximum Gasteiger partial charge on any atom is 0.243 e. The summed E-state index contributed by atoms with van der Waals surface area (Å²) in [7, 11) is 0. The van der Waals surface area contributed by atoms with Crippen molar-refractivity contribution in [1.29, 1.82) is 0 Å². The van der Waals surface area contributed by atoms with Gasteiger partial charge in [-0.15, -0.1) is 0 Å². The Balaban J connectivity index is 1.29. The lowest BCUT2D eigenvalue weighted by Crippen LogP contribution is -2.22. The molecule has 4 nitrogen and oxygen atoms in total. The van der Waals surface area contributed by atoms with Gasteiger partial charge in [0, 0.05) is 25.6 Å². The number of unbranched alkanes of at least 4 members (excludes halogenated alkanes) is 2. The lowest BCUT2D eigenvalue weighted by molar-refractivity contribution is -0.116. The van der Waals surface area contributed by atoms with E-state index in [2.05, 4.69) is 72.3 Å². The molecule has 0 aliphatic rings. The summed E-state index contributed by atoms with van der Waals surface area (Å²) in [6, 6.07) is 27.3. The molecule has 4 rings (SSSR count). The van der Waals surface area contributed by atoms with Crippen molar-refractivity contribution in [1.82, 2.24) is 14.9 Å². The van der Waals surface area contributed by atoms with Gasteiger partial charge in [0.2, 0.25) is 5.91 Å². The number of hydrogen-bond acceptors (Lipinski definition) is 2. The smallest absolute Gasteiger partial charge is 0.243 e. The van der Waals surface area contributed by atoms with Crippen LogP contribution in [0.4, 0.5) is 0 Å². The first-order chi connectivity index (χ1) is 17.6. The number of benzene rings is 3. The summed E-state index contributed by atoms with van der Waals surface area (Å²) in [4.78, 5) is 17.0. The Kier molecular flexibility index (Phi) is 9.09. The fourth-order valence-electron chi connectivity index (χ4n) is 4.45. The Morgan fingerprint density at radius 1 is 0.944 bits per heavy atom. The third-order valence-electron chi connectivity index (χ3n) is 6.84. The van der Waals surface area contributed by atoms with Gasteiger partial charge in [-0.3, -0.25) is 4.79 Å². The van der Waals surface area contributed by atoms with Crippen molar-refractivity contribution in [2.75, 3.05) is 6.54 Å². The summed E-state index contributed by atoms with van der Waals surface area (Å²) in [6.07, 6.45) is 8.60. The minimum atomic E-state index is -0.0417. The summed E-state index contributed by atoms with van der Waals surface area (Å²) < 4.78 is 2.36. The van der Waals surface area contributed by atoms with Crippen LogP contribution in [0.25, 0.3) is 17.1 Å². The SMILES string of the molecule is CCC(C)c1ccc(Cn2c(CCCCCNC(=O)/C=C/c3ccccc3)nc3ccccc32)cc1. The second-order valence-corrected chi connectivity index (χ2v) is 9.50. The zero-order valence-electron chi connectivity index (χ0n) is 21.5. The van der Waals surface area contributed by atoms with E-state index in [9.17, 15) is 4.79 Å². The largest absolute Gasteiger partial charge is 0.353 e. The molecule has 0 saturated carbocycles. The maximum atomic E-state index is 12.1. The third-order valence-corrected chi connectivity index (χ3v) is 6.84. The fraction of sp³-hybridized carbons (Fsp3) is 0.312. The van der Waals surface area contributed by atoms with E-state index in [1.54, 1.807) is 6.08 Å². The monoisotopic (exact) mass is 479 g/mol. The molecular formula is C32H37N3O. The maximum absolute atomic E-state index is 12.1. The van der Waals surface area contributed by atoms with Gasteiger partial charge in [0.25, 0.3) is 0 Å². The molecule has 0 fully saturated rings. The van der Waals surface area contributed by atoms with Crippen LogP contribution in [0.3, 0.4) is 0 Å². The number of rotatable bonds is 12. The highest BCUT2D eigenvalue weighted by Gasteiger charge is 2.11. The topological polar surface area (TPSA) is 46.9 Å². The molecule has 1 heterocycles. The molecule has 186 valence electrons. The van der Waals surface area contributed by atoms with E-state index >= 15 is 0 Å². The minimum Gasteiger partial charge on any atom is -0.353 e. The Morgan fingerprint density at radius 2 is 1.69 bits per heavy atom. The van der Waals surface area contributed by atoms with Crippen LogP contribution < -0.4 is 5.32 Å². The van der Waals surface area contributed by atoms with Crippen LogP contribution in [0.15, 0.2) is 84.9 Å². The summed E-state index contributed by atoms with van der Waals surface area (Å²) in [5.41, 5.74) is 5.98. The van der Waals surface area contributed by atoms with Crippen LogP contribution in [0.1, 0.15) is 68.0 Å². The molecule has 0 spiro atoms. The van der Waals surface area contributed by atoms with Crippen LogP contribution in [0.2, 0.25) is 0 Å². The van der Waals surface area contributed by atoms with Crippen molar-refractivity contribution in [3.63, 3.8) is 0 Å². The van der Waals surface area contributed by atoms with Crippen molar-refractivity contribution in [3.8, 4) is 0 Å². The Bertz CT molecular complexity index is 1270. The molecular weight excluding hydrogens is 442 g/mol. The molecule has 1 aromatic heterocycles. The number of aryl methyl sites for hydroxylation is 1. The standard InChI is InChI=1S/C32H37N3O/c1-3-25(2)28-20-17-27(18-21-28)24-35-30-15-10-9-14-29(30)34-31(35)16-8-5-11-23-33-32(36)22-19-26-12-6-4-7-13-26/h4,6-7,9-10,12-15,17-22,25H,3,5,8,11,16,23-24H2,1-2H3,(H,33,36)/b22-19+. The van der Waals surface area contributed by atoms with Gasteiger partial charge in [0.15, 0.2) is 0 Å². The number of nitrogens with one attached hydrogen (secondary N) is 1. The van der Waals surface area contributed by atoms with Crippen molar-refractivity contribution in [2.45, 2.75) is 58.4 Å². The van der Waals surface area contributed by atoms with Crippen molar-refractivity contribution in [3.05, 3.63) is 107 Å². The van der Waals surface area contributed by atoms with Crippen molar-refractivity contribution in [2.24, 2.45) is 0 Å². The number of imidazole rings is 1. The summed E-state index contributed by atoms with van der Waals surface area (Å²) in [5, 5.41) is 2.99. The minimum absolute atomic E-state index is 0.0417. The molecule has 0 radical (unpaired) electrons. The molecule has 0 aliphatic heterocycles. The van der Waals surface area contributed by atoms with Gasteiger partial charge in [-0.05, 0) is 60.1 Å². The van der Waals surface area contributed by atoms with E-state index < -0.39 is 0 Å². The number of carbonyl (C=O) groups excluding carboxylic acids is 1. The number of carbonyl (C=O) groups is 1. The summed E-state index contributed by atoms with van der Waals surface area (Å²) >= 11 is 0. The van der Waals surface area contributed by atoms with E-state index in [-0.39, 0.29) is 5.91 Å². The molecule has 3 aromatic carbocycles. The molecule has 4 heteroatoms. The van der Waals surface area contributed by atoms with Gasteiger partial charge in [-0.2, -0.15) is 0 Å². The molecule has 1 N–H and O–H groups in total. The average molecular weight is 480 g/mol. The molecule has 1 amide bonds. The number of amides is 1. The van der Waals surface area contributed by atoms with E-state index in [1.165, 1.54) is 16.6 Å². The first-order valence-corrected chi connectivity index (χ1v) is 13.2. The number of fused-ring (bicyclic) bond motifs is 1. The van der Waals surface area contributed by atoms with E-state index in [0.717, 1.165) is 55.6 Å². The van der Waals surface area contributed by atoms with Crippen LogP contribution in [-0.4, -0.2) is 22.0 Å². The molecule has 0 aliphatic carbocycles. The fourth-order valence-corrected chi connectivity index (χ4v) is 4.45. The van der Waals surface area contributed by atoms with Crippen molar-refractivity contribution < 1.29 is 4.79 Å². The Hall–Kier alpha value is -3.66. The van der Waals surface area contributed by atoms with Crippen LogP contribution >= 0.6 is 0 Å². The lowest BCUT2D eigenvalue weighted by atomic mass is 9.97. The van der Waals surface area contributed by atoms with Crippen LogP contribution in [0.5, 0.6) is 0 Å². The lowest BCUT2D eigenvalue weighted by Gasteiger charge is -2.12. The van der Waals surface area contributed by atoms with Gasteiger partial charge in [-0.25, -0.2) is 4.98 Å². The summed E-state index contributed by atoms with van der Waals surface area (Å²) in [6.45, 7) is 6.04. The molecule has 1 atom stereocenters. The van der Waals surface area contributed by atoms with E-state index in [0.29, 0.717) is 12.5 Å². The van der Waals surface area contributed by atoms with Gasteiger partial charge in [0.1, 0.15) is 5.82 Å². The molecule has 4 aromatic rings. The predicted molar refractivity (Wildman–Crippen MR) is 150 cm³/mol. The average Bonchev–Trinajstić information content (AvgIpc) is 3.27. The van der Waals surface area contributed by atoms with Gasteiger partial charge in [0.05, 0.1) is 11.0 Å². The zero-order valence-corrected chi connectivity index (χ0v) is 21.5. The predicted octanol–water partition coefficient (Wildman–Crippen LogP) is 7.14. The number of nitrogens with zero attached hydrogens (tertiary/aromatic N) is 2. The molecule has 0 saturated heterocycles. The number of hydrogen-bond donors (Lipinski definition) is 1. The van der Waals surface area contributed by atoms with Gasteiger partial charge < -0.3 is 9.88 Å². The quantitative estimate of drug-likeness (QED) is 0.173. The highest BCUT2D eigenvalue weighted by Crippen LogP contribution is 2.22. The number of para-hydroxylation sites is 2. The number of aromatic nitrogens is 2. The Morgan fingerprint density at radius 3 is 2.47 bits per heavy atom. The van der Waals surface area contributed by atoms with Gasteiger partial charge in [-0.1, -0.05) is 87.0 Å². The van der Waals surface area contributed by atoms with E-state index in [4.69, 9.17) is 4.98 Å². The second-order valence-electron chi connectivity index (χ2n) is 9.50.